The number of carbonyl (C=O) groups is 1. The second-order valence-electron chi connectivity index (χ2n) is 10.7. The quantitative estimate of drug-likeness (QED) is 0.185. The monoisotopic (exact) mass is 674 g/mol. The summed E-state index contributed by atoms with van der Waals surface area (Å²) in [5, 5.41) is 9.17. The molecule has 10 nitrogen and oxygen atoms in total. The van der Waals surface area contributed by atoms with E-state index in [4.69, 9.17) is 14.5 Å². The van der Waals surface area contributed by atoms with E-state index in [9.17, 15) is 9.59 Å². The number of anilines is 1. The molecule has 2 aromatic heterocycles. The summed E-state index contributed by atoms with van der Waals surface area (Å²) in [6.45, 7) is 0.478. The van der Waals surface area contributed by atoms with E-state index in [2.05, 4.69) is 26.2 Å². The normalized spacial score (nSPS) is 13.4. The maximum absolute atomic E-state index is 14.2. The van der Waals surface area contributed by atoms with Crippen LogP contribution in [0, 0.1) is 0 Å². The molecule has 0 saturated carbocycles. The fourth-order valence-corrected chi connectivity index (χ4v) is 5.91. The topological polar surface area (TPSA) is 104 Å². The average Bonchev–Trinajstić information content (AvgIpc) is 3.65. The fraction of sp³-hybridized carbons (Fsp3) is 0.114. The minimum absolute atomic E-state index is 0.174. The van der Waals surface area contributed by atoms with Crippen LogP contribution in [0.15, 0.2) is 106 Å². The first kappa shape index (κ1) is 29.2. The van der Waals surface area contributed by atoms with Gasteiger partial charge in [-0.2, -0.15) is 0 Å². The zero-order chi connectivity index (χ0) is 31.8. The van der Waals surface area contributed by atoms with Crippen LogP contribution in [0.4, 0.5) is 5.69 Å². The predicted octanol–water partition coefficient (Wildman–Crippen LogP) is 5.89. The van der Waals surface area contributed by atoms with E-state index in [1.165, 1.54) is 0 Å². The summed E-state index contributed by atoms with van der Waals surface area (Å²) in [5.41, 5.74) is 4.47. The Hall–Kier alpha value is -5.55. The van der Waals surface area contributed by atoms with E-state index >= 15 is 0 Å². The second-order valence-corrected chi connectivity index (χ2v) is 11.6. The van der Waals surface area contributed by atoms with Crippen LogP contribution in [0.2, 0.25) is 0 Å². The lowest BCUT2D eigenvalue weighted by Crippen LogP contribution is -2.27. The molecule has 0 N–H and O–H groups in total. The number of para-hydroxylation sites is 1. The van der Waals surface area contributed by atoms with Crippen LogP contribution in [0.5, 0.6) is 11.5 Å². The molecule has 46 heavy (non-hydrogen) atoms. The first-order valence-electron chi connectivity index (χ1n) is 14.4. The van der Waals surface area contributed by atoms with Gasteiger partial charge in [-0.25, -0.2) is 9.67 Å². The minimum Gasteiger partial charge on any atom is -0.497 e. The van der Waals surface area contributed by atoms with Crippen molar-refractivity contribution >= 4 is 50.1 Å². The molecule has 4 aromatic carbocycles. The summed E-state index contributed by atoms with van der Waals surface area (Å²) in [6, 6.07) is 28.1. The molecule has 0 atom stereocenters. The number of aromatic nitrogens is 5. The summed E-state index contributed by atoms with van der Waals surface area (Å²) in [6.07, 6.45) is 3.48. The molecule has 228 valence electrons. The van der Waals surface area contributed by atoms with Crippen molar-refractivity contribution < 1.29 is 14.3 Å². The highest BCUT2D eigenvalue weighted by Crippen LogP contribution is 2.40. The average molecular weight is 676 g/mol. The minimum atomic E-state index is -0.237. The number of carbonyl (C=O) groups excluding carboxylic acids is 1. The Labute approximate surface area is 272 Å². The van der Waals surface area contributed by atoms with E-state index in [0.717, 1.165) is 21.3 Å². The summed E-state index contributed by atoms with van der Waals surface area (Å²) < 4.78 is 14.8. The lowest BCUT2D eigenvalue weighted by atomic mass is 10.1. The Morgan fingerprint density at radius 3 is 2.35 bits per heavy atom. The number of rotatable bonds is 8. The molecule has 1 aliphatic rings. The Morgan fingerprint density at radius 2 is 1.59 bits per heavy atom. The van der Waals surface area contributed by atoms with Crippen molar-refractivity contribution in [1.82, 2.24) is 24.5 Å². The van der Waals surface area contributed by atoms with Crippen molar-refractivity contribution in [1.29, 1.82) is 0 Å². The lowest BCUT2D eigenvalue weighted by molar-refractivity contribution is -0.113. The number of ether oxygens (including phenoxy) is 2. The van der Waals surface area contributed by atoms with Gasteiger partial charge in [0.2, 0.25) is 0 Å². The van der Waals surface area contributed by atoms with E-state index in [1.54, 1.807) is 58.8 Å². The number of hydrogen-bond donors (Lipinski definition) is 0. The molecule has 6 aromatic rings. The number of methoxy groups -OCH3 is 2. The highest BCUT2D eigenvalue weighted by atomic mass is 79.9. The van der Waals surface area contributed by atoms with Crippen LogP contribution in [-0.2, 0) is 17.9 Å². The molecule has 0 bridgehead atoms. The van der Waals surface area contributed by atoms with E-state index in [-0.39, 0.29) is 18.0 Å². The molecule has 0 spiro atoms. The van der Waals surface area contributed by atoms with Gasteiger partial charge in [0.1, 0.15) is 23.0 Å². The van der Waals surface area contributed by atoms with Gasteiger partial charge in [-0.3, -0.25) is 14.2 Å². The van der Waals surface area contributed by atoms with Gasteiger partial charge in [0, 0.05) is 28.2 Å². The summed E-state index contributed by atoms with van der Waals surface area (Å²) in [5.74, 6) is 1.38. The fourth-order valence-electron chi connectivity index (χ4n) is 5.55. The molecular weight excluding hydrogens is 648 g/mol. The van der Waals surface area contributed by atoms with Crippen LogP contribution in [-0.4, -0.2) is 44.7 Å². The SMILES string of the molecule is COc1cc(OC)cc(-n2cc(CN3C(=O)/C(=C/c4nc5ccccc5c(=O)n4Cc4ccccc4)c4cc(Br)ccc43)nn2)c1. The van der Waals surface area contributed by atoms with Crippen molar-refractivity contribution in [2.75, 3.05) is 19.1 Å². The number of benzene rings is 4. The van der Waals surface area contributed by atoms with Gasteiger partial charge in [0.25, 0.3) is 11.5 Å². The Kier molecular flexibility index (Phi) is 7.67. The number of amides is 1. The number of fused-ring (bicyclic) bond motifs is 2. The first-order chi connectivity index (χ1) is 22.4. The Balaban J connectivity index is 1.29. The van der Waals surface area contributed by atoms with Crippen molar-refractivity contribution in [2.24, 2.45) is 0 Å². The molecule has 1 amide bonds. The van der Waals surface area contributed by atoms with E-state index < -0.39 is 0 Å². The molecule has 0 saturated heterocycles. The third kappa shape index (κ3) is 5.45. The molecule has 0 aliphatic carbocycles. The number of nitrogens with zero attached hydrogens (tertiary/aromatic N) is 6. The Morgan fingerprint density at radius 1 is 0.848 bits per heavy atom. The number of halogens is 1. The molecule has 11 heteroatoms. The highest BCUT2D eigenvalue weighted by Gasteiger charge is 2.33. The third-order valence-electron chi connectivity index (χ3n) is 7.82. The van der Waals surface area contributed by atoms with E-state index in [1.807, 2.05) is 72.8 Å². The maximum atomic E-state index is 14.2. The van der Waals surface area contributed by atoms with Gasteiger partial charge in [0.15, 0.2) is 0 Å². The molecule has 0 fully saturated rings. The smallest absolute Gasteiger partial charge is 0.261 e. The van der Waals surface area contributed by atoms with Crippen LogP contribution in [0.25, 0.3) is 28.2 Å². The van der Waals surface area contributed by atoms with Crippen molar-refractivity contribution in [2.45, 2.75) is 13.1 Å². The zero-order valence-corrected chi connectivity index (χ0v) is 26.5. The van der Waals surface area contributed by atoms with Crippen molar-refractivity contribution in [3.63, 3.8) is 0 Å². The summed E-state index contributed by atoms with van der Waals surface area (Å²) in [7, 11) is 3.17. The zero-order valence-electron chi connectivity index (χ0n) is 24.9. The highest BCUT2D eigenvalue weighted by molar-refractivity contribution is 9.10. The van der Waals surface area contributed by atoms with Gasteiger partial charge in [-0.15, -0.1) is 5.10 Å². The summed E-state index contributed by atoms with van der Waals surface area (Å²) in [4.78, 5) is 34.5. The third-order valence-corrected chi connectivity index (χ3v) is 8.32. The van der Waals surface area contributed by atoms with Gasteiger partial charge in [-0.1, -0.05) is 63.6 Å². The molecule has 1 aliphatic heterocycles. The van der Waals surface area contributed by atoms with E-state index in [0.29, 0.717) is 51.7 Å². The molecular formula is C35H27BrN6O4. The Bertz CT molecular complexity index is 2190. The van der Waals surface area contributed by atoms with Gasteiger partial charge in [0.05, 0.1) is 61.4 Å². The molecule has 0 radical (unpaired) electrons. The largest absolute Gasteiger partial charge is 0.497 e. The van der Waals surface area contributed by atoms with Gasteiger partial charge in [-0.05, 0) is 42.0 Å². The number of hydrogen-bond acceptors (Lipinski definition) is 7. The van der Waals surface area contributed by atoms with Crippen molar-refractivity contribution in [3.05, 3.63) is 135 Å². The van der Waals surface area contributed by atoms with Crippen LogP contribution in [0.3, 0.4) is 0 Å². The lowest BCUT2D eigenvalue weighted by Gasteiger charge is -2.15. The van der Waals surface area contributed by atoms with Crippen LogP contribution in [0.1, 0.15) is 22.6 Å². The van der Waals surface area contributed by atoms with Gasteiger partial charge < -0.3 is 14.4 Å². The second kappa shape index (κ2) is 12.1. The first-order valence-corrected chi connectivity index (χ1v) is 15.2. The molecule has 7 rings (SSSR count). The molecule has 0 unspecified atom stereocenters. The standard InChI is InChI=1S/C35H27BrN6O4/c1-45-26-15-25(16-27(17-26)46-2)42-21-24(38-39-42)20-40-32-13-12-23(36)14-29(32)30(35(40)44)18-33-37-31-11-7-6-10-28(31)34(43)41(33)19-22-8-4-3-5-9-22/h3-18,21H,19-20H2,1-2H3/b30-18+. The molecule has 3 heterocycles. The van der Waals surface area contributed by atoms with Crippen LogP contribution >= 0.6 is 15.9 Å². The predicted molar refractivity (Wildman–Crippen MR) is 179 cm³/mol. The summed E-state index contributed by atoms with van der Waals surface area (Å²) >= 11 is 3.57. The van der Waals surface area contributed by atoms with Gasteiger partial charge >= 0.3 is 0 Å². The maximum Gasteiger partial charge on any atom is 0.261 e. The van der Waals surface area contributed by atoms with Crippen LogP contribution < -0.4 is 19.9 Å². The van der Waals surface area contributed by atoms with Crippen molar-refractivity contribution in [3.8, 4) is 17.2 Å².